The van der Waals surface area contributed by atoms with Crippen molar-refractivity contribution in [2.24, 2.45) is 0 Å². The number of hydrogen-bond acceptors (Lipinski definition) is 6. The molecule has 1 aliphatic heterocycles. The maximum atomic E-state index is 12.7. The van der Waals surface area contributed by atoms with Gasteiger partial charge in [0.1, 0.15) is 0 Å². The minimum absolute atomic E-state index is 0.0848. The number of carbonyl (C=O) groups is 1. The van der Waals surface area contributed by atoms with Crippen LogP contribution in [-0.2, 0) is 14.8 Å². The summed E-state index contributed by atoms with van der Waals surface area (Å²) in [5, 5.41) is 9.24. The molecule has 0 aromatic heterocycles. The number of halogens is 2. The van der Waals surface area contributed by atoms with Crippen LogP contribution in [0, 0.1) is 11.5 Å². The highest BCUT2D eigenvalue weighted by atomic mass is 79.9. The van der Waals surface area contributed by atoms with Gasteiger partial charge in [-0.1, -0.05) is 15.9 Å². The van der Waals surface area contributed by atoms with Crippen molar-refractivity contribution in [3.05, 3.63) is 27.1 Å². The highest BCUT2D eigenvalue weighted by Gasteiger charge is 2.37. The van der Waals surface area contributed by atoms with Gasteiger partial charge >= 0.3 is 6.09 Å². The molecule has 0 spiro atoms. The fraction of sp³-hybridized carbons (Fsp3) is 0.467. The molecule has 0 aliphatic carbocycles. The maximum Gasteiger partial charge on any atom is 0.411 e. The quantitative estimate of drug-likeness (QED) is 0.611. The van der Waals surface area contributed by atoms with E-state index in [9.17, 15) is 18.5 Å². The molecule has 1 N–H and O–H groups in total. The summed E-state index contributed by atoms with van der Waals surface area (Å²) in [5.74, 6) is 0. The van der Waals surface area contributed by atoms with Crippen LogP contribution in [0.4, 0.5) is 4.79 Å². The molecule has 1 aromatic rings. The molecule has 1 amide bonds. The molecule has 1 aliphatic rings. The SMILES string of the molecule is CCN(C)C(=O)O[C@@H]1C[C@@H](NS(=O)(=O)c2cc(Br)ccc2Br)CN1C#N. The van der Waals surface area contributed by atoms with Crippen molar-refractivity contribution in [2.75, 3.05) is 20.1 Å². The Morgan fingerprint density at radius 2 is 2.19 bits per heavy atom. The number of amides is 1. The van der Waals surface area contributed by atoms with Crippen molar-refractivity contribution in [3.8, 4) is 6.19 Å². The third kappa shape index (κ3) is 4.88. The van der Waals surface area contributed by atoms with Gasteiger partial charge in [-0.3, -0.25) is 4.90 Å². The average Bonchev–Trinajstić information content (AvgIpc) is 2.96. The Hall–Kier alpha value is -1.35. The Morgan fingerprint density at radius 3 is 2.81 bits per heavy atom. The molecule has 26 heavy (non-hydrogen) atoms. The zero-order valence-corrected chi connectivity index (χ0v) is 18.1. The number of nitrogens with zero attached hydrogens (tertiary/aromatic N) is 3. The first-order valence-electron chi connectivity index (χ1n) is 7.73. The lowest BCUT2D eigenvalue weighted by molar-refractivity contribution is 0.0217. The molecule has 142 valence electrons. The van der Waals surface area contributed by atoms with E-state index < -0.39 is 28.4 Å². The Balaban J connectivity index is 2.12. The van der Waals surface area contributed by atoms with Crippen LogP contribution in [0.5, 0.6) is 0 Å². The number of benzene rings is 1. The van der Waals surface area contributed by atoms with Crippen LogP contribution in [-0.4, -0.2) is 56.7 Å². The Morgan fingerprint density at radius 1 is 1.50 bits per heavy atom. The predicted octanol–water partition coefficient (Wildman–Crippen LogP) is 2.46. The second-order valence-electron chi connectivity index (χ2n) is 5.73. The van der Waals surface area contributed by atoms with Crippen LogP contribution < -0.4 is 4.72 Å². The van der Waals surface area contributed by atoms with Gasteiger partial charge in [0.25, 0.3) is 0 Å². The topological polar surface area (TPSA) is 103 Å². The van der Waals surface area contributed by atoms with Crippen molar-refractivity contribution in [1.82, 2.24) is 14.5 Å². The molecule has 1 heterocycles. The number of rotatable bonds is 5. The molecule has 0 unspecified atom stereocenters. The normalized spacial score (nSPS) is 19.9. The number of carbonyl (C=O) groups excluding carboxylic acids is 1. The van der Waals surface area contributed by atoms with E-state index in [1.54, 1.807) is 26.1 Å². The number of nitriles is 1. The van der Waals surface area contributed by atoms with E-state index in [2.05, 4.69) is 36.6 Å². The van der Waals surface area contributed by atoms with Gasteiger partial charge in [0, 0.05) is 41.5 Å². The second kappa shape index (κ2) is 8.56. The van der Waals surface area contributed by atoms with Gasteiger partial charge in [-0.05, 0) is 41.1 Å². The van der Waals surface area contributed by atoms with Gasteiger partial charge in [-0.25, -0.2) is 17.9 Å². The van der Waals surface area contributed by atoms with E-state index in [1.807, 2.05) is 6.19 Å². The third-order valence-corrected chi connectivity index (χ3v) is 6.91. The highest BCUT2D eigenvalue weighted by molar-refractivity contribution is 9.11. The summed E-state index contributed by atoms with van der Waals surface area (Å²) < 4.78 is 34.2. The van der Waals surface area contributed by atoms with Crippen LogP contribution in [0.3, 0.4) is 0 Å². The van der Waals surface area contributed by atoms with Gasteiger partial charge < -0.3 is 9.64 Å². The number of ether oxygens (including phenoxy) is 1. The second-order valence-corrected chi connectivity index (χ2v) is 9.19. The molecule has 2 atom stereocenters. The smallest absolute Gasteiger partial charge is 0.411 e. The molecule has 2 rings (SSSR count). The number of nitrogens with one attached hydrogen (secondary N) is 1. The van der Waals surface area contributed by atoms with Gasteiger partial charge in [0.15, 0.2) is 12.4 Å². The number of likely N-dealkylation sites (tertiary alicyclic amines) is 1. The molecule has 1 aromatic carbocycles. The van der Waals surface area contributed by atoms with E-state index in [0.29, 0.717) is 15.5 Å². The minimum Gasteiger partial charge on any atom is -0.425 e. The van der Waals surface area contributed by atoms with Gasteiger partial charge in [0.2, 0.25) is 10.0 Å². The van der Waals surface area contributed by atoms with Crippen molar-refractivity contribution in [1.29, 1.82) is 5.26 Å². The van der Waals surface area contributed by atoms with Crippen LogP contribution in [0.15, 0.2) is 32.0 Å². The summed E-state index contributed by atoms with van der Waals surface area (Å²) in [6.45, 7) is 2.38. The van der Waals surface area contributed by atoms with E-state index in [4.69, 9.17) is 4.74 Å². The largest absolute Gasteiger partial charge is 0.425 e. The minimum atomic E-state index is -3.82. The maximum absolute atomic E-state index is 12.7. The molecule has 8 nitrogen and oxygen atoms in total. The molecular formula is C15H18Br2N4O4S. The summed E-state index contributed by atoms with van der Waals surface area (Å²) in [7, 11) is -2.23. The van der Waals surface area contributed by atoms with Crippen LogP contribution in [0.2, 0.25) is 0 Å². The van der Waals surface area contributed by atoms with Crippen LogP contribution in [0.25, 0.3) is 0 Å². The van der Waals surface area contributed by atoms with Crippen LogP contribution >= 0.6 is 31.9 Å². The van der Waals surface area contributed by atoms with Gasteiger partial charge in [-0.2, -0.15) is 5.26 Å². The lowest BCUT2D eigenvalue weighted by Gasteiger charge is -2.21. The van der Waals surface area contributed by atoms with Crippen LogP contribution in [0.1, 0.15) is 13.3 Å². The molecular weight excluding hydrogens is 492 g/mol. The van der Waals surface area contributed by atoms with E-state index in [1.165, 1.54) is 15.9 Å². The predicted molar refractivity (Wildman–Crippen MR) is 101 cm³/mol. The van der Waals surface area contributed by atoms with E-state index in [0.717, 1.165) is 0 Å². The zero-order valence-electron chi connectivity index (χ0n) is 14.1. The first-order valence-corrected chi connectivity index (χ1v) is 10.8. The summed E-state index contributed by atoms with van der Waals surface area (Å²) in [6, 6.07) is 4.27. The first-order chi connectivity index (χ1) is 12.2. The standard InChI is InChI=1S/C15H18Br2N4O4S/c1-3-20(2)15(22)25-14-7-11(8-21(14)9-18)19-26(23,24)13-6-10(16)4-5-12(13)17/h4-6,11,14,19H,3,7-8H2,1-2H3/t11-,14-/m1/s1. The monoisotopic (exact) mass is 508 g/mol. The lowest BCUT2D eigenvalue weighted by atomic mass is 10.3. The summed E-state index contributed by atoms with van der Waals surface area (Å²) >= 11 is 6.48. The fourth-order valence-electron chi connectivity index (χ4n) is 2.40. The third-order valence-electron chi connectivity index (χ3n) is 3.91. The van der Waals surface area contributed by atoms with E-state index in [-0.39, 0.29) is 17.9 Å². The Kier molecular flexibility index (Phi) is 6.90. The van der Waals surface area contributed by atoms with E-state index >= 15 is 0 Å². The van der Waals surface area contributed by atoms with Crippen molar-refractivity contribution >= 4 is 48.0 Å². The fourth-order valence-corrected chi connectivity index (χ4v) is 5.15. The summed E-state index contributed by atoms with van der Waals surface area (Å²) in [4.78, 5) is 14.6. The Bertz CT molecular complexity index is 827. The molecule has 0 bridgehead atoms. The van der Waals surface area contributed by atoms with Crippen molar-refractivity contribution in [2.45, 2.75) is 30.5 Å². The molecule has 1 fully saturated rings. The molecule has 11 heteroatoms. The summed E-state index contributed by atoms with van der Waals surface area (Å²) in [5.41, 5.74) is 0. The lowest BCUT2D eigenvalue weighted by Crippen LogP contribution is -2.36. The average molecular weight is 510 g/mol. The first kappa shape index (κ1) is 21.0. The highest BCUT2D eigenvalue weighted by Crippen LogP contribution is 2.27. The molecule has 1 saturated heterocycles. The molecule has 0 radical (unpaired) electrons. The number of sulfonamides is 1. The van der Waals surface area contributed by atoms with Crippen molar-refractivity contribution < 1.29 is 17.9 Å². The summed E-state index contributed by atoms with van der Waals surface area (Å²) in [6.07, 6.45) is 0.756. The number of hydrogen-bond donors (Lipinski definition) is 1. The zero-order chi connectivity index (χ0) is 19.5. The Labute approximate surface area is 169 Å². The molecule has 0 saturated carbocycles. The van der Waals surface area contributed by atoms with Gasteiger partial charge in [-0.15, -0.1) is 0 Å². The van der Waals surface area contributed by atoms with Crippen molar-refractivity contribution in [3.63, 3.8) is 0 Å². The van der Waals surface area contributed by atoms with Gasteiger partial charge in [0.05, 0.1) is 4.90 Å².